The van der Waals surface area contributed by atoms with E-state index in [2.05, 4.69) is 15.2 Å². The molecule has 4 saturated carbocycles. The number of pyridine rings is 1. The maximum atomic E-state index is 11.3. The quantitative estimate of drug-likeness (QED) is 0.345. The number of halogens is 2. The van der Waals surface area contributed by atoms with Gasteiger partial charge in [-0.3, -0.25) is 9.67 Å². The van der Waals surface area contributed by atoms with Crippen LogP contribution in [0.15, 0.2) is 23.0 Å². The van der Waals surface area contributed by atoms with Gasteiger partial charge in [-0.2, -0.15) is 0 Å². The van der Waals surface area contributed by atoms with Gasteiger partial charge < -0.3 is 19.1 Å². The molecule has 0 aliphatic heterocycles. The zero-order valence-corrected chi connectivity index (χ0v) is 22.0. The van der Waals surface area contributed by atoms with Crippen molar-refractivity contribution in [2.75, 3.05) is 6.61 Å². The van der Waals surface area contributed by atoms with E-state index in [1.165, 1.54) is 10.7 Å². The van der Waals surface area contributed by atoms with E-state index < -0.39 is 5.97 Å². The number of aromatic carboxylic acids is 1. The van der Waals surface area contributed by atoms with Gasteiger partial charge in [0.15, 0.2) is 0 Å². The third-order valence-electron chi connectivity index (χ3n) is 8.32. The molecule has 0 amide bonds. The van der Waals surface area contributed by atoms with Crippen molar-refractivity contribution in [1.29, 1.82) is 0 Å². The van der Waals surface area contributed by atoms with Gasteiger partial charge in [0.05, 0.1) is 28.9 Å². The number of hydrogen-bond donors (Lipinski definition) is 1. The summed E-state index contributed by atoms with van der Waals surface area (Å²) in [4.78, 5) is 15.4. The number of rotatable bonds is 9. The first-order chi connectivity index (χ1) is 17.8. The summed E-state index contributed by atoms with van der Waals surface area (Å²) in [6, 6.07) is 1.48. The van der Waals surface area contributed by atoms with Gasteiger partial charge in [0.1, 0.15) is 17.1 Å². The predicted octanol–water partition coefficient (Wildman–Crippen LogP) is 6.04. The lowest BCUT2D eigenvalue weighted by Crippen LogP contribution is -2.49. The van der Waals surface area contributed by atoms with E-state index in [9.17, 15) is 9.90 Å². The zero-order valence-electron chi connectivity index (χ0n) is 20.5. The fourth-order valence-corrected chi connectivity index (χ4v) is 6.33. The summed E-state index contributed by atoms with van der Waals surface area (Å²) in [5.41, 5.74) is 2.19. The Morgan fingerprint density at radius 2 is 1.84 bits per heavy atom. The second-order valence-corrected chi connectivity index (χ2v) is 11.5. The van der Waals surface area contributed by atoms with Crippen molar-refractivity contribution in [3.63, 3.8) is 0 Å². The van der Waals surface area contributed by atoms with Crippen LogP contribution in [0.3, 0.4) is 0 Å². The van der Waals surface area contributed by atoms with Gasteiger partial charge in [0, 0.05) is 48.0 Å². The molecule has 2 bridgehead atoms. The Bertz CT molecular complexity index is 1300. The Kier molecular flexibility index (Phi) is 6.20. The monoisotopic (exact) mass is 546 g/mol. The molecule has 0 unspecified atom stereocenters. The van der Waals surface area contributed by atoms with Gasteiger partial charge in [-0.25, -0.2) is 4.79 Å². The van der Waals surface area contributed by atoms with Crippen LogP contribution in [0, 0.1) is 5.41 Å². The fourth-order valence-electron chi connectivity index (χ4n) is 5.79. The average Bonchev–Trinajstić information content (AvgIpc) is 3.54. The minimum Gasteiger partial charge on any atom is -0.477 e. The van der Waals surface area contributed by atoms with Crippen molar-refractivity contribution in [2.45, 2.75) is 69.5 Å². The van der Waals surface area contributed by atoms with E-state index in [4.69, 9.17) is 37.2 Å². The molecule has 3 heterocycles. The molecule has 196 valence electrons. The van der Waals surface area contributed by atoms with Gasteiger partial charge in [-0.15, -0.1) is 5.10 Å². The molecule has 0 atom stereocenters. The molecule has 0 radical (unpaired) electrons. The largest absolute Gasteiger partial charge is 0.477 e. The number of carboxylic acids is 1. The van der Waals surface area contributed by atoms with Gasteiger partial charge in [0.2, 0.25) is 5.88 Å². The molecule has 11 heteroatoms. The first-order valence-corrected chi connectivity index (χ1v) is 13.4. The smallest absolute Gasteiger partial charge is 0.354 e. The molecule has 7 rings (SSSR count). The molecule has 4 fully saturated rings. The van der Waals surface area contributed by atoms with Gasteiger partial charge in [-0.05, 0) is 51.4 Å². The summed E-state index contributed by atoms with van der Waals surface area (Å²) >= 11 is 12.9. The van der Waals surface area contributed by atoms with Crippen molar-refractivity contribution in [3.05, 3.63) is 45.5 Å². The molecule has 0 saturated heterocycles. The lowest BCUT2D eigenvalue weighted by molar-refractivity contribution is -0.150. The number of carboxylic acid groups (broad SMARTS) is 1. The maximum Gasteiger partial charge on any atom is 0.354 e. The van der Waals surface area contributed by atoms with E-state index in [-0.39, 0.29) is 16.7 Å². The summed E-state index contributed by atoms with van der Waals surface area (Å²) in [5.74, 6) is 0.580. The fraction of sp³-hybridized carbons (Fsp3) is 0.538. The Hall–Kier alpha value is -2.62. The van der Waals surface area contributed by atoms with Crippen LogP contribution in [-0.2, 0) is 18.4 Å². The number of fused-ring (bicyclic) bond motifs is 3. The van der Waals surface area contributed by atoms with E-state index in [1.807, 2.05) is 0 Å². The highest BCUT2D eigenvalue weighted by molar-refractivity contribution is 6.38. The molecule has 3 aromatic rings. The summed E-state index contributed by atoms with van der Waals surface area (Å²) in [7, 11) is 1.60. The molecular weight excluding hydrogens is 519 g/mol. The number of ether oxygens (including phenoxy) is 2. The number of aromatic nitrogens is 4. The Labute approximate surface area is 224 Å². The van der Waals surface area contributed by atoms with Crippen LogP contribution in [0.2, 0.25) is 10.0 Å². The highest BCUT2D eigenvalue weighted by atomic mass is 35.5. The number of nitrogens with zero attached hydrogens (tertiary/aromatic N) is 4. The topological polar surface area (TPSA) is 113 Å². The minimum atomic E-state index is -1.02. The molecule has 4 aliphatic rings. The average molecular weight is 547 g/mol. The summed E-state index contributed by atoms with van der Waals surface area (Å²) in [6.07, 6.45) is 11.1. The van der Waals surface area contributed by atoms with Gasteiger partial charge in [0.25, 0.3) is 0 Å². The second kappa shape index (κ2) is 9.29. The van der Waals surface area contributed by atoms with Crippen LogP contribution in [0.25, 0.3) is 11.3 Å². The third-order valence-corrected chi connectivity index (χ3v) is 8.89. The van der Waals surface area contributed by atoms with E-state index >= 15 is 0 Å². The van der Waals surface area contributed by atoms with Gasteiger partial charge >= 0.3 is 5.97 Å². The minimum absolute atomic E-state index is 0.0611. The number of hydrogen-bond acceptors (Lipinski definition) is 7. The van der Waals surface area contributed by atoms with Crippen LogP contribution in [-0.4, -0.2) is 43.2 Å². The normalized spacial score (nSPS) is 24.9. The highest BCUT2D eigenvalue weighted by Gasteiger charge is 2.50. The van der Waals surface area contributed by atoms with Crippen LogP contribution in [0.5, 0.6) is 5.88 Å². The van der Waals surface area contributed by atoms with Crippen molar-refractivity contribution in [2.24, 2.45) is 12.5 Å². The van der Waals surface area contributed by atoms with E-state index in [0.717, 1.165) is 62.7 Å². The van der Waals surface area contributed by atoms with Crippen LogP contribution in [0.1, 0.15) is 79.1 Å². The molecule has 1 N–H and O–H groups in total. The van der Waals surface area contributed by atoms with E-state index in [1.54, 1.807) is 19.4 Å². The Morgan fingerprint density at radius 3 is 2.43 bits per heavy atom. The second-order valence-electron chi connectivity index (χ2n) is 10.7. The van der Waals surface area contributed by atoms with Crippen LogP contribution < -0.4 is 4.74 Å². The number of carbonyl (C=O) groups is 1. The third kappa shape index (κ3) is 4.62. The SMILES string of the molecule is Cn1nc(OCC23CCC(OCc4c(-c5c(Cl)cncc5Cl)noc4C4CC4)(CC2)CC3)cc1C(=O)O. The molecule has 37 heavy (non-hydrogen) atoms. The van der Waals surface area contributed by atoms with Crippen molar-refractivity contribution < 1.29 is 23.9 Å². The maximum absolute atomic E-state index is 11.3. The summed E-state index contributed by atoms with van der Waals surface area (Å²) in [6.45, 7) is 0.925. The molecule has 0 spiro atoms. The molecular formula is C26H28Cl2N4O5. The molecule has 0 aromatic carbocycles. The predicted molar refractivity (Wildman–Crippen MR) is 135 cm³/mol. The van der Waals surface area contributed by atoms with Gasteiger partial charge in [-0.1, -0.05) is 28.4 Å². The molecule has 9 nitrogen and oxygen atoms in total. The first-order valence-electron chi connectivity index (χ1n) is 12.6. The summed E-state index contributed by atoms with van der Waals surface area (Å²) in [5, 5.41) is 18.7. The summed E-state index contributed by atoms with van der Waals surface area (Å²) < 4.78 is 19.8. The lowest BCUT2D eigenvalue weighted by Gasteiger charge is -2.52. The zero-order chi connectivity index (χ0) is 25.8. The molecule has 4 aliphatic carbocycles. The number of aryl methyl sites for hydroxylation is 1. The first kappa shape index (κ1) is 24.7. The van der Waals surface area contributed by atoms with E-state index in [0.29, 0.717) is 46.3 Å². The van der Waals surface area contributed by atoms with Crippen LogP contribution in [0.4, 0.5) is 0 Å². The molecule has 3 aromatic heterocycles. The Morgan fingerprint density at radius 1 is 1.16 bits per heavy atom. The van der Waals surface area contributed by atoms with Crippen molar-refractivity contribution in [1.82, 2.24) is 19.9 Å². The highest BCUT2D eigenvalue weighted by Crippen LogP contribution is 2.55. The standard InChI is InChI=1S/C26H28Cl2N4O5/c1-32-19(24(33)34)10-20(30-32)35-14-25-4-7-26(8-5-25,9-6-25)36-13-16-22(31-37-23(16)15-2-3-15)21-17(27)11-29-12-18(21)28/h10-12,15H,2-9,13-14H2,1H3,(H,33,34). The Balaban J connectivity index is 1.14. The lowest BCUT2D eigenvalue weighted by atomic mass is 9.59. The van der Waals surface area contributed by atoms with Crippen LogP contribution >= 0.6 is 23.2 Å². The van der Waals surface area contributed by atoms with Crippen molar-refractivity contribution >= 4 is 29.2 Å². The van der Waals surface area contributed by atoms with Crippen molar-refractivity contribution in [3.8, 4) is 17.1 Å².